The summed E-state index contributed by atoms with van der Waals surface area (Å²) >= 11 is 8.62. The van der Waals surface area contributed by atoms with Gasteiger partial charge in [0.2, 0.25) is 0 Å². The molecule has 0 aliphatic heterocycles. The second-order valence-electron chi connectivity index (χ2n) is 7.62. The van der Waals surface area contributed by atoms with Gasteiger partial charge in [-0.3, -0.25) is 4.79 Å². The third-order valence-electron chi connectivity index (χ3n) is 5.12. The molecule has 3 aromatic carbocycles. The summed E-state index contributed by atoms with van der Waals surface area (Å²) in [6, 6.07) is 19.4. The van der Waals surface area contributed by atoms with Crippen LogP contribution in [0.15, 0.2) is 60.2 Å². The van der Waals surface area contributed by atoms with Gasteiger partial charge in [0.25, 0.3) is 5.91 Å². The molecule has 0 aromatic heterocycles. The predicted molar refractivity (Wildman–Crippen MR) is 143 cm³/mol. The van der Waals surface area contributed by atoms with E-state index in [1.54, 1.807) is 6.08 Å². The number of carbonyl (C=O) groups is 1. The Hall–Kier alpha value is -2.82. The molecule has 0 saturated heterocycles. The third-order valence-corrected chi connectivity index (χ3v) is 6.45. The van der Waals surface area contributed by atoms with Gasteiger partial charge in [0.15, 0.2) is 0 Å². The van der Waals surface area contributed by atoms with Gasteiger partial charge in [-0.1, -0.05) is 41.9 Å². The molecule has 0 unspecified atom stereocenters. The highest BCUT2D eigenvalue weighted by molar-refractivity contribution is 14.1. The van der Waals surface area contributed by atoms with Gasteiger partial charge in [-0.25, -0.2) is 0 Å². The molecule has 3 rings (SSSR count). The second-order valence-corrected chi connectivity index (χ2v) is 9.19. The van der Waals surface area contributed by atoms with Gasteiger partial charge in [-0.15, -0.1) is 0 Å². The van der Waals surface area contributed by atoms with Crippen LogP contribution in [0.25, 0.3) is 6.08 Å². The summed E-state index contributed by atoms with van der Waals surface area (Å²) in [4.78, 5) is 12.8. The van der Waals surface area contributed by atoms with Crippen molar-refractivity contribution in [1.29, 1.82) is 5.26 Å². The van der Waals surface area contributed by atoms with E-state index in [4.69, 9.17) is 16.3 Å². The molecule has 3 aromatic rings. The number of aryl methyl sites for hydroxylation is 2. The maximum Gasteiger partial charge on any atom is 0.266 e. The molecule has 168 valence electrons. The van der Waals surface area contributed by atoms with Crippen molar-refractivity contribution >= 4 is 51.9 Å². The first-order valence-electron chi connectivity index (χ1n) is 10.5. The smallest absolute Gasteiger partial charge is 0.266 e. The van der Waals surface area contributed by atoms with Gasteiger partial charge >= 0.3 is 0 Å². The number of rotatable bonds is 7. The molecular weight excluding hydrogens is 547 g/mol. The molecule has 0 aliphatic carbocycles. The van der Waals surface area contributed by atoms with Crippen LogP contribution in [-0.2, 0) is 11.2 Å². The average Bonchev–Trinajstić information content (AvgIpc) is 2.78. The number of halogens is 2. The van der Waals surface area contributed by atoms with E-state index >= 15 is 0 Å². The fourth-order valence-corrected chi connectivity index (χ4v) is 4.40. The molecule has 0 saturated carbocycles. The summed E-state index contributed by atoms with van der Waals surface area (Å²) in [5, 5.41) is 13.2. The fourth-order valence-electron chi connectivity index (χ4n) is 3.38. The van der Waals surface area contributed by atoms with Crippen molar-refractivity contribution in [3.8, 4) is 11.8 Å². The summed E-state index contributed by atoms with van der Waals surface area (Å²) in [5.74, 6) is 0.266. The Morgan fingerprint density at radius 2 is 1.94 bits per heavy atom. The van der Waals surface area contributed by atoms with Gasteiger partial charge < -0.3 is 10.1 Å². The monoisotopic (exact) mass is 570 g/mol. The Balaban J connectivity index is 1.94. The molecule has 0 spiro atoms. The number of ether oxygens (including phenoxy) is 1. The number of anilines is 1. The minimum atomic E-state index is -0.445. The van der Waals surface area contributed by atoms with Crippen molar-refractivity contribution in [2.75, 3.05) is 11.9 Å². The van der Waals surface area contributed by atoms with Crippen molar-refractivity contribution in [3.05, 3.63) is 96.6 Å². The SMILES string of the molecule is CCOc1cc(/C=C(\C#N)C(=O)Nc2cc(C)ccc2C)cc(I)c1Cc1ccccc1Cl. The number of hydrogen-bond acceptors (Lipinski definition) is 3. The Bertz CT molecular complexity index is 1260. The van der Waals surface area contributed by atoms with E-state index in [1.807, 2.05) is 81.4 Å². The zero-order chi connectivity index (χ0) is 24.0. The highest BCUT2D eigenvalue weighted by Crippen LogP contribution is 2.31. The van der Waals surface area contributed by atoms with Crippen LogP contribution < -0.4 is 10.1 Å². The van der Waals surface area contributed by atoms with Crippen LogP contribution in [0.1, 0.15) is 34.7 Å². The third kappa shape index (κ3) is 6.37. The zero-order valence-electron chi connectivity index (χ0n) is 18.7. The van der Waals surface area contributed by atoms with Gasteiger partial charge in [0.1, 0.15) is 17.4 Å². The van der Waals surface area contributed by atoms with Gasteiger partial charge in [0.05, 0.1) is 6.61 Å². The molecule has 1 amide bonds. The predicted octanol–water partition coefficient (Wildman–Crippen LogP) is 7.10. The summed E-state index contributed by atoms with van der Waals surface area (Å²) in [6.45, 7) is 6.29. The lowest BCUT2D eigenvalue weighted by atomic mass is 10.0. The van der Waals surface area contributed by atoms with E-state index < -0.39 is 5.91 Å². The summed E-state index contributed by atoms with van der Waals surface area (Å²) in [5.41, 5.74) is 5.42. The molecule has 0 atom stereocenters. The number of nitrogens with zero attached hydrogens (tertiary/aromatic N) is 1. The van der Waals surface area contributed by atoms with Crippen LogP contribution in [0.5, 0.6) is 5.75 Å². The second kappa shape index (κ2) is 11.4. The lowest BCUT2D eigenvalue weighted by molar-refractivity contribution is -0.112. The highest BCUT2D eigenvalue weighted by Gasteiger charge is 2.15. The molecule has 33 heavy (non-hydrogen) atoms. The van der Waals surface area contributed by atoms with Crippen LogP contribution in [-0.4, -0.2) is 12.5 Å². The number of nitriles is 1. The van der Waals surface area contributed by atoms with E-state index in [9.17, 15) is 10.1 Å². The standard InChI is InChI=1S/C27H24ClIN2O2/c1-4-33-26-14-19(13-24(29)22(26)15-20-7-5-6-8-23(20)28)12-21(16-30)27(32)31-25-11-17(2)9-10-18(25)3/h5-14H,4,15H2,1-3H3,(H,31,32)/b21-12+. The van der Waals surface area contributed by atoms with Crippen LogP contribution in [0.4, 0.5) is 5.69 Å². The lowest BCUT2D eigenvalue weighted by Gasteiger charge is -2.15. The van der Waals surface area contributed by atoms with E-state index in [1.165, 1.54) is 0 Å². The minimum Gasteiger partial charge on any atom is -0.494 e. The van der Waals surface area contributed by atoms with Gasteiger partial charge in [-0.05, 0) is 96.0 Å². The maximum absolute atomic E-state index is 12.8. The van der Waals surface area contributed by atoms with E-state index in [2.05, 4.69) is 27.9 Å². The van der Waals surface area contributed by atoms with Crippen molar-refractivity contribution in [2.45, 2.75) is 27.2 Å². The Labute approximate surface area is 213 Å². The Morgan fingerprint density at radius 3 is 2.64 bits per heavy atom. The average molecular weight is 571 g/mol. The first-order chi connectivity index (χ1) is 15.8. The van der Waals surface area contributed by atoms with E-state index in [0.717, 1.165) is 31.4 Å². The van der Waals surface area contributed by atoms with E-state index in [0.29, 0.717) is 29.5 Å². The first kappa shape index (κ1) is 24.8. The lowest BCUT2D eigenvalue weighted by Crippen LogP contribution is -2.14. The molecule has 6 heteroatoms. The molecule has 0 radical (unpaired) electrons. The van der Waals surface area contributed by atoms with Gasteiger partial charge in [-0.2, -0.15) is 5.26 Å². The molecule has 0 heterocycles. The number of amides is 1. The van der Waals surface area contributed by atoms with E-state index in [-0.39, 0.29) is 5.57 Å². The molecule has 4 nitrogen and oxygen atoms in total. The minimum absolute atomic E-state index is 0.0213. The largest absolute Gasteiger partial charge is 0.494 e. The number of nitrogens with one attached hydrogen (secondary N) is 1. The zero-order valence-corrected chi connectivity index (χ0v) is 21.6. The quantitative estimate of drug-likeness (QED) is 0.187. The molecule has 0 fully saturated rings. The summed E-state index contributed by atoms with van der Waals surface area (Å²) < 4.78 is 6.88. The fraction of sp³-hybridized carbons (Fsp3) is 0.185. The number of benzene rings is 3. The van der Waals surface area contributed by atoms with Crippen LogP contribution in [0, 0.1) is 28.7 Å². The van der Waals surface area contributed by atoms with Crippen LogP contribution >= 0.6 is 34.2 Å². The van der Waals surface area contributed by atoms with Crippen molar-refractivity contribution in [2.24, 2.45) is 0 Å². The van der Waals surface area contributed by atoms with Crippen molar-refractivity contribution in [3.63, 3.8) is 0 Å². The number of carbonyl (C=O) groups excluding carboxylic acids is 1. The highest BCUT2D eigenvalue weighted by atomic mass is 127. The normalized spacial score (nSPS) is 11.1. The summed E-state index contributed by atoms with van der Waals surface area (Å²) in [6.07, 6.45) is 2.21. The maximum atomic E-state index is 12.8. The van der Waals surface area contributed by atoms with Crippen molar-refractivity contribution < 1.29 is 9.53 Å². The topological polar surface area (TPSA) is 62.1 Å². The molecule has 0 bridgehead atoms. The Kier molecular flexibility index (Phi) is 8.54. The Morgan fingerprint density at radius 1 is 1.18 bits per heavy atom. The molecule has 1 N–H and O–H groups in total. The molecular formula is C27H24ClIN2O2. The first-order valence-corrected chi connectivity index (χ1v) is 12.0. The van der Waals surface area contributed by atoms with Crippen LogP contribution in [0.2, 0.25) is 5.02 Å². The number of hydrogen-bond donors (Lipinski definition) is 1. The molecule has 0 aliphatic rings. The van der Waals surface area contributed by atoms with Crippen LogP contribution in [0.3, 0.4) is 0 Å². The van der Waals surface area contributed by atoms with Gasteiger partial charge in [0, 0.05) is 26.3 Å². The summed E-state index contributed by atoms with van der Waals surface area (Å²) in [7, 11) is 0. The van der Waals surface area contributed by atoms with Crippen molar-refractivity contribution in [1.82, 2.24) is 0 Å².